The van der Waals surface area contributed by atoms with Crippen LogP contribution in [0.1, 0.15) is 26.5 Å². The van der Waals surface area contributed by atoms with Crippen LogP contribution < -0.4 is 5.32 Å². The highest BCUT2D eigenvalue weighted by Gasteiger charge is 2.25. The van der Waals surface area contributed by atoms with E-state index in [1.165, 1.54) is 0 Å². The Morgan fingerprint density at radius 1 is 1.30 bits per heavy atom. The number of piperazine rings is 1. The fourth-order valence-electron chi connectivity index (χ4n) is 2.41. The third kappa shape index (κ3) is 6.15. The second-order valence-corrected chi connectivity index (χ2v) is 6.87. The number of hydrogen-bond acceptors (Lipinski definition) is 6. The Kier molecular flexibility index (Phi) is 5.95. The van der Waals surface area contributed by atoms with Crippen LogP contribution in [0.4, 0.5) is 4.79 Å². The average Bonchev–Trinajstić information content (AvgIpc) is 2.88. The lowest BCUT2D eigenvalue weighted by molar-refractivity contribution is 0.0146. The summed E-state index contributed by atoms with van der Waals surface area (Å²) in [4.78, 5) is 16.1. The third-order valence-corrected chi connectivity index (χ3v) is 3.59. The summed E-state index contributed by atoms with van der Waals surface area (Å²) in [7, 11) is 1.86. The van der Waals surface area contributed by atoms with Gasteiger partial charge in [-0.3, -0.25) is 9.58 Å². The topological polar surface area (TPSA) is 75.5 Å². The van der Waals surface area contributed by atoms with Crippen LogP contribution in [0.2, 0.25) is 0 Å². The highest BCUT2D eigenvalue weighted by atomic mass is 16.6. The maximum absolute atomic E-state index is 12.0. The normalized spacial score (nSPS) is 16.6. The van der Waals surface area contributed by atoms with Crippen LogP contribution in [0.3, 0.4) is 0 Å². The number of carbonyl (C=O) groups is 1. The van der Waals surface area contributed by atoms with E-state index in [1.54, 1.807) is 9.58 Å². The molecule has 8 heteroatoms. The number of aryl methyl sites for hydroxylation is 1. The van der Waals surface area contributed by atoms with Gasteiger partial charge >= 0.3 is 6.09 Å². The maximum Gasteiger partial charge on any atom is 0.410 e. The van der Waals surface area contributed by atoms with Crippen molar-refractivity contribution in [1.82, 2.24) is 30.1 Å². The number of ether oxygens (including phenoxy) is 1. The van der Waals surface area contributed by atoms with Gasteiger partial charge in [-0.2, -0.15) is 0 Å². The van der Waals surface area contributed by atoms with Crippen molar-refractivity contribution in [3.8, 4) is 0 Å². The first kappa shape index (κ1) is 17.7. The van der Waals surface area contributed by atoms with E-state index >= 15 is 0 Å². The number of nitrogens with zero attached hydrogens (tertiary/aromatic N) is 5. The van der Waals surface area contributed by atoms with Gasteiger partial charge in [0.25, 0.3) is 0 Å². The molecule has 1 aliphatic rings. The lowest BCUT2D eigenvalue weighted by atomic mass is 10.2. The van der Waals surface area contributed by atoms with Crippen LogP contribution in [0.25, 0.3) is 0 Å². The van der Waals surface area contributed by atoms with Crippen LogP contribution in [-0.4, -0.2) is 75.8 Å². The van der Waals surface area contributed by atoms with E-state index in [4.69, 9.17) is 4.74 Å². The first-order valence-electron chi connectivity index (χ1n) is 8.10. The van der Waals surface area contributed by atoms with E-state index in [2.05, 4.69) is 20.5 Å². The van der Waals surface area contributed by atoms with Crippen molar-refractivity contribution in [2.45, 2.75) is 32.9 Å². The van der Waals surface area contributed by atoms with Crippen LogP contribution in [0.15, 0.2) is 6.20 Å². The molecule has 2 rings (SSSR count). The van der Waals surface area contributed by atoms with E-state index < -0.39 is 5.60 Å². The summed E-state index contributed by atoms with van der Waals surface area (Å²) in [5.41, 5.74) is 0.514. The largest absolute Gasteiger partial charge is 0.444 e. The number of hydrogen-bond donors (Lipinski definition) is 1. The lowest BCUT2D eigenvalue weighted by Crippen LogP contribution is -2.51. The SMILES string of the molecule is Cn1cc(CNCCN2CCN(C(=O)OC(C)(C)C)CC2)nn1. The number of carbonyl (C=O) groups excluding carboxylic acids is 1. The molecule has 0 aromatic carbocycles. The number of aromatic nitrogens is 3. The van der Waals surface area contributed by atoms with E-state index in [-0.39, 0.29) is 6.09 Å². The second kappa shape index (κ2) is 7.74. The Bertz CT molecular complexity index is 502. The zero-order valence-electron chi connectivity index (χ0n) is 14.6. The van der Waals surface area contributed by atoms with E-state index in [9.17, 15) is 4.79 Å². The van der Waals surface area contributed by atoms with Gasteiger partial charge in [0.05, 0.1) is 5.69 Å². The average molecular weight is 324 g/mol. The second-order valence-electron chi connectivity index (χ2n) is 6.87. The minimum absolute atomic E-state index is 0.210. The van der Waals surface area contributed by atoms with Crippen molar-refractivity contribution in [2.75, 3.05) is 39.3 Å². The molecule has 0 atom stereocenters. The van der Waals surface area contributed by atoms with Crippen LogP contribution in [0.5, 0.6) is 0 Å². The van der Waals surface area contributed by atoms with Crippen LogP contribution >= 0.6 is 0 Å². The predicted molar refractivity (Wildman–Crippen MR) is 87.0 cm³/mol. The molecular weight excluding hydrogens is 296 g/mol. The summed E-state index contributed by atoms with van der Waals surface area (Å²) in [6.45, 7) is 11.5. The maximum atomic E-state index is 12.0. The molecule has 8 nitrogen and oxygen atoms in total. The molecule has 0 aliphatic carbocycles. The minimum atomic E-state index is -0.432. The third-order valence-electron chi connectivity index (χ3n) is 3.59. The fourth-order valence-corrected chi connectivity index (χ4v) is 2.41. The first-order valence-corrected chi connectivity index (χ1v) is 8.10. The van der Waals surface area contributed by atoms with Gasteiger partial charge in [-0.05, 0) is 20.8 Å². The van der Waals surface area contributed by atoms with E-state index in [0.717, 1.165) is 51.5 Å². The summed E-state index contributed by atoms with van der Waals surface area (Å²) in [6.07, 6.45) is 1.70. The van der Waals surface area contributed by atoms with Crippen molar-refractivity contribution in [1.29, 1.82) is 0 Å². The molecule has 1 aromatic rings. The summed E-state index contributed by atoms with van der Waals surface area (Å²) < 4.78 is 7.10. The van der Waals surface area contributed by atoms with Crippen molar-refractivity contribution in [3.05, 3.63) is 11.9 Å². The molecule has 1 fully saturated rings. The fraction of sp³-hybridized carbons (Fsp3) is 0.800. The summed E-state index contributed by atoms with van der Waals surface area (Å²) in [6, 6.07) is 0. The van der Waals surface area contributed by atoms with Gasteiger partial charge in [0, 0.05) is 59.1 Å². The molecule has 0 saturated carbocycles. The molecule has 1 aliphatic heterocycles. The Morgan fingerprint density at radius 3 is 2.57 bits per heavy atom. The smallest absolute Gasteiger partial charge is 0.410 e. The zero-order valence-corrected chi connectivity index (χ0v) is 14.6. The Morgan fingerprint density at radius 2 is 2.00 bits per heavy atom. The Labute approximate surface area is 137 Å². The summed E-state index contributed by atoms with van der Waals surface area (Å²) in [5.74, 6) is 0. The molecule has 1 saturated heterocycles. The van der Waals surface area contributed by atoms with Gasteiger partial charge in [-0.1, -0.05) is 5.21 Å². The monoisotopic (exact) mass is 324 g/mol. The van der Waals surface area contributed by atoms with Gasteiger partial charge in [-0.25, -0.2) is 4.79 Å². The van der Waals surface area contributed by atoms with Gasteiger partial charge in [0.1, 0.15) is 5.60 Å². The van der Waals surface area contributed by atoms with Gasteiger partial charge in [0.2, 0.25) is 0 Å². The van der Waals surface area contributed by atoms with Crippen molar-refractivity contribution in [3.63, 3.8) is 0 Å². The molecule has 0 bridgehead atoms. The molecule has 2 heterocycles. The lowest BCUT2D eigenvalue weighted by Gasteiger charge is -2.35. The van der Waals surface area contributed by atoms with E-state index in [1.807, 2.05) is 34.0 Å². The molecule has 0 unspecified atom stereocenters. The molecule has 1 aromatic heterocycles. The number of nitrogens with one attached hydrogen (secondary N) is 1. The number of amides is 1. The molecular formula is C15H28N6O2. The molecule has 1 amide bonds. The van der Waals surface area contributed by atoms with Crippen molar-refractivity contribution in [2.24, 2.45) is 7.05 Å². The molecule has 0 spiro atoms. The molecule has 0 radical (unpaired) electrons. The molecule has 23 heavy (non-hydrogen) atoms. The highest BCUT2D eigenvalue weighted by Crippen LogP contribution is 2.11. The standard InChI is InChI=1S/C15H28N6O2/c1-15(2,3)23-14(22)21-9-7-20(8-10-21)6-5-16-11-13-12-19(4)18-17-13/h12,16H,5-11H2,1-4H3. The van der Waals surface area contributed by atoms with Crippen LogP contribution in [-0.2, 0) is 18.3 Å². The van der Waals surface area contributed by atoms with Crippen molar-refractivity contribution >= 4 is 6.09 Å². The summed E-state index contributed by atoms with van der Waals surface area (Å²) in [5, 5.41) is 11.3. The Hall–Kier alpha value is -1.67. The van der Waals surface area contributed by atoms with Gasteiger partial charge in [0.15, 0.2) is 0 Å². The highest BCUT2D eigenvalue weighted by molar-refractivity contribution is 5.68. The molecule has 1 N–H and O–H groups in total. The van der Waals surface area contributed by atoms with E-state index in [0.29, 0.717) is 0 Å². The van der Waals surface area contributed by atoms with Gasteiger partial charge in [-0.15, -0.1) is 5.10 Å². The predicted octanol–water partition coefficient (Wildman–Crippen LogP) is 0.457. The molecule has 130 valence electrons. The first-order chi connectivity index (χ1) is 10.8. The number of rotatable bonds is 5. The van der Waals surface area contributed by atoms with Crippen molar-refractivity contribution < 1.29 is 9.53 Å². The quantitative estimate of drug-likeness (QED) is 0.793. The van der Waals surface area contributed by atoms with Crippen LogP contribution in [0, 0.1) is 0 Å². The van der Waals surface area contributed by atoms with Gasteiger partial charge < -0.3 is 15.0 Å². The Balaban J connectivity index is 1.60. The zero-order chi connectivity index (χ0) is 16.9. The summed E-state index contributed by atoms with van der Waals surface area (Å²) >= 11 is 0. The minimum Gasteiger partial charge on any atom is -0.444 e.